The molecule has 2 aromatic carbocycles. The Balaban J connectivity index is 1.56. The molecule has 1 N–H and O–H groups in total. The minimum absolute atomic E-state index is 0.0153. The minimum Gasteiger partial charge on any atom is -0.497 e. The number of rotatable bonds is 10. The number of hydrogen-bond acceptors (Lipinski definition) is 7. The molecule has 0 aliphatic rings. The molecule has 3 aromatic rings. The molecule has 0 fully saturated rings. The lowest BCUT2D eigenvalue weighted by Crippen LogP contribution is -2.15. The van der Waals surface area contributed by atoms with Crippen molar-refractivity contribution in [2.24, 2.45) is 0 Å². The van der Waals surface area contributed by atoms with E-state index < -0.39 is 0 Å². The summed E-state index contributed by atoms with van der Waals surface area (Å²) in [7, 11) is 1.60. The minimum atomic E-state index is -0.166. The Bertz CT molecular complexity index is 1050. The zero-order valence-electron chi connectivity index (χ0n) is 17.6. The highest BCUT2D eigenvalue weighted by Gasteiger charge is 2.14. The number of nitrogens with zero attached hydrogens (tertiary/aromatic N) is 3. The van der Waals surface area contributed by atoms with Crippen LogP contribution in [0.5, 0.6) is 11.5 Å². The molecule has 1 aromatic heterocycles. The van der Waals surface area contributed by atoms with Gasteiger partial charge in [-0.1, -0.05) is 17.8 Å². The summed E-state index contributed by atoms with van der Waals surface area (Å²) in [5.41, 5.74) is 1.24. The first kappa shape index (κ1) is 22.4. The zero-order valence-corrected chi connectivity index (χ0v) is 18.4. The van der Waals surface area contributed by atoms with Crippen LogP contribution in [0.4, 0.5) is 5.69 Å². The number of benzene rings is 2. The first-order chi connectivity index (χ1) is 15.0. The lowest BCUT2D eigenvalue weighted by Gasteiger charge is -2.10. The SMILES string of the molecule is CCn1c(COc2cccc(OC)c2)nnc1SCC(=O)Nc1ccc(C(C)=O)cc1. The summed E-state index contributed by atoms with van der Waals surface area (Å²) in [5, 5.41) is 11.9. The van der Waals surface area contributed by atoms with Crippen molar-refractivity contribution in [2.45, 2.75) is 32.2 Å². The molecule has 0 aliphatic carbocycles. The molecular formula is C22H24N4O4S. The van der Waals surface area contributed by atoms with E-state index in [1.807, 2.05) is 29.7 Å². The Hall–Kier alpha value is -3.33. The van der Waals surface area contributed by atoms with Gasteiger partial charge in [0.05, 0.1) is 12.9 Å². The van der Waals surface area contributed by atoms with E-state index in [0.717, 1.165) is 0 Å². The fourth-order valence-corrected chi connectivity index (χ4v) is 3.63. The van der Waals surface area contributed by atoms with Crippen LogP contribution in [0.15, 0.2) is 53.7 Å². The lowest BCUT2D eigenvalue weighted by atomic mass is 10.1. The summed E-state index contributed by atoms with van der Waals surface area (Å²) in [4.78, 5) is 23.6. The molecule has 0 saturated carbocycles. The van der Waals surface area contributed by atoms with Gasteiger partial charge in [-0.3, -0.25) is 9.59 Å². The van der Waals surface area contributed by atoms with Crippen LogP contribution in [-0.4, -0.2) is 39.3 Å². The Morgan fingerprint density at radius 3 is 2.52 bits per heavy atom. The van der Waals surface area contributed by atoms with Gasteiger partial charge in [-0.25, -0.2) is 0 Å². The second-order valence-corrected chi connectivity index (χ2v) is 7.52. The third-order valence-electron chi connectivity index (χ3n) is 4.43. The van der Waals surface area contributed by atoms with Gasteiger partial charge in [0.15, 0.2) is 16.8 Å². The van der Waals surface area contributed by atoms with Crippen molar-refractivity contribution < 1.29 is 19.1 Å². The third kappa shape index (κ3) is 6.08. The van der Waals surface area contributed by atoms with Gasteiger partial charge < -0.3 is 19.4 Å². The van der Waals surface area contributed by atoms with Crippen molar-refractivity contribution in [3.05, 3.63) is 59.9 Å². The molecule has 31 heavy (non-hydrogen) atoms. The number of anilines is 1. The largest absolute Gasteiger partial charge is 0.497 e. The molecule has 0 spiro atoms. The second-order valence-electron chi connectivity index (χ2n) is 6.58. The maximum atomic E-state index is 12.3. The van der Waals surface area contributed by atoms with Gasteiger partial charge in [0, 0.05) is 23.9 Å². The van der Waals surface area contributed by atoms with Crippen molar-refractivity contribution in [3.63, 3.8) is 0 Å². The highest BCUT2D eigenvalue weighted by Crippen LogP contribution is 2.22. The highest BCUT2D eigenvalue weighted by atomic mass is 32.2. The number of ketones is 1. The molecule has 9 heteroatoms. The number of methoxy groups -OCH3 is 1. The molecule has 0 atom stereocenters. The number of Topliss-reactive ketones (excluding diaryl/α,β-unsaturated/α-hetero) is 1. The van der Waals surface area contributed by atoms with Crippen LogP contribution in [-0.2, 0) is 17.9 Å². The molecule has 0 aliphatic heterocycles. The van der Waals surface area contributed by atoms with Crippen LogP contribution in [0.3, 0.4) is 0 Å². The van der Waals surface area contributed by atoms with E-state index in [-0.39, 0.29) is 24.1 Å². The van der Waals surface area contributed by atoms with Crippen LogP contribution >= 0.6 is 11.8 Å². The standard InChI is InChI=1S/C22H24N4O4S/c1-4-26-20(13-30-19-7-5-6-18(12-19)29-3)24-25-22(26)31-14-21(28)23-17-10-8-16(9-11-17)15(2)27/h5-12H,4,13-14H2,1-3H3,(H,23,28). The van der Waals surface area contributed by atoms with Gasteiger partial charge in [-0.2, -0.15) is 0 Å². The second kappa shape index (κ2) is 10.6. The summed E-state index contributed by atoms with van der Waals surface area (Å²) in [6.07, 6.45) is 0. The van der Waals surface area contributed by atoms with Gasteiger partial charge in [0.1, 0.15) is 18.1 Å². The normalized spacial score (nSPS) is 10.5. The van der Waals surface area contributed by atoms with E-state index >= 15 is 0 Å². The Kier molecular flexibility index (Phi) is 7.66. The average molecular weight is 441 g/mol. The Morgan fingerprint density at radius 1 is 1.10 bits per heavy atom. The maximum Gasteiger partial charge on any atom is 0.234 e. The van der Waals surface area contributed by atoms with Gasteiger partial charge in [-0.05, 0) is 50.2 Å². The number of nitrogens with one attached hydrogen (secondary N) is 1. The summed E-state index contributed by atoms with van der Waals surface area (Å²) in [6, 6.07) is 14.1. The van der Waals surface area contributed by atoms with Crippen molar-refractivity contribution in [1.82, 2.24) is 14.8 Å². The van der Waals surface area contributed by atoms with Gasteiger partial charge in [0.2, 0.25) is 5.91 Å². The number of aromatic nitrogens is 3. The number of carbonyl (C=O) groups is 2. The zero-order chi connectivity index (χ0) is 22.2. The number of amides is 1. The van der Waals surface area contributed by atoms with Crippen molar-refractivity contribution in [2.75, 3.05) is 18.2 Å². The fourth-order valence-electron chi connectivity index (χ4n) is 2.80. The highest BCUT2D eigenvalue weighted by molar-refractivity contribution is 7.99. The van der Waals surface area contributed by atoms with E-state index in [2.05, 4.69) is 15.5 Å². The Labute approximate surface area is 185 Å². The van der Waals surface area contributed by atoms with Crippen LogP contribution < -0.4 is 14.8 Å². The number of carbonyl (C=O) groups excluding carboxylic acids is 2. The molecule has 8 nitrogen and oxygen atoms in total. The Morgan fingerprint density at radius 2 is 1.84 bits per heavy atom. The van der Waals surface area contributed by atoms with E-state index in [9.17, 15) is 9.59 Å². The van der Waals surface area contributed by atoms with Gasteiger partial charge in [-0.15, -0.1) is 10.2 Å². The topological polar surface area (TPSA) is 95.3 Å². The van der Waals surface area contributed by atoms with Crippen LogP contribution in [0.25, 0.3) is 0 Å². The number of thioether (sulfide) groups is 1. The van der Waals surface area contributed by atoms with Gasteiger partial charge in [0.25, 0.3) is 0 Å². The van der Waals surface area contributed by atoms with E-state index in [0.29, 0.717) is 40.3 Å². The summed E-state index contributed by atoms with van der Waals surface area (Å²) >= 11 is 1.30. The molecule has 0 radical (unpaired) electrons. The third-order valence-corrected chi connectivity index (χ3v) is 5.39. The predicted octanol–water partition coefficient (Wildman–Crippen LogP) is 3.82. The molecule has 162 valence electrons. The quantitative estimate of drug-likeness (QED) is 0.378. The van der Waals surface area contributed by atoms with Crippen molar-refractivity contribution in [3.8, 4) is 11.5 Å². The molecule has 3 rings (SSSR count). The summed E-state index contributed by atoms with van der Waals surface area (Å²) in [5.74, 6) is 2.07. The average Bonchev–Trinajstić information content (AvgIpc) is 3.18. The fraction of sp³-hybridized carbons (Fsp3) is 0.273. The smallest absolute Gasteiger partial charge is 0.234 e. The molecule has 0 saturated heterocycles. The van der Waals surface area contributed by atoms with Crippen molar-refractivity contribution >= 4 is 29.1 Å². The van der Waals surface area contributed by atoms with Crippen LogP contribution in [0.1, 0.15) is 30.0 Å². The van der Waals surface area contributed by atoms with Crippen LogP contribution in [0.2, 0.25) is 0 Å². The summed E-state index contributed by atoms with van der Waals surface area (Å²) in [6.45, 7) is 4.40. The monoisotopic (exact) mass is 440 g/mol. The lowest BCUT2D eigenvalue weighted by molar-refractivity contribution is -0.113. The molecule has 1 heterocycles. The first-order valence-electron chi connectivity index (χ1n) is 9.72. The predicted molar refractivity (Wildman–Crippen MR) is 119 cm³/mol. The first-order valence-corrected chi connectivity index (χ1v) is 10.7. The van der Waals surface area contributed by atoms with Crippen LogP contribution in [0, 0.1) is 0 Å². The number of hydrogen-bond donors (Lipinski definition) is 1. The molecular weight excluding hydrogens is 416 g/mol. The van der Waals surface area contributed by atoms with E-state index in [1.165, 1.54) is 18.7 Å². The van der Waals surface area contributed by atoms with E-state index in [4.69, 9.17) is 9.47 Å². The molecule has 1 amide bonds. The maximum absolute atomic E-state index is 12.3. The number of ether oxygens (including phenoxy) is 2. The molecule has 0 unspecified atom stereocenters. The van der Waals surface area contributed by atoms with E-state index in [1.54, 1.807) is 37.4 Å². The van der Waals surface area contributed by atoms with Gasteiger partial charge >= 0.3 is 0 Å². The van der Waals surface area contributed by atoms with Crippen molar-refractivity contribution in [1.29, 1.82) is 0 Å². The molecule has 0 bridgehead atoms. The summed E-state index contributed by atoms with van der Waals surface area (Å²) < 4.78 is 12.9.